The number of aliphatic carboxylic acids is 1. The average Bonchev–Trinajstić information content (AvgIpc) is 2.63. The molecule has 21 heavy (non-hydrogen) atoms. The van der Waals surface area contributed by atoms with Crippen molar-refractivity contribution in [2.75, 3.05) is 37.6 Å². The van der Waals surface area contributed by atoms with Crippen LogP contribution in [0.15, 0.2) is 24.3 Å². The zero-order valence-electron chi connectivity index (χ0n) is 11.4. The molecule has 0 atom stereocenters. The van der Waals surface area contributed by atoms with E-state index >= 15 is 0 Å². The number of carboxylic acids is 1. The second-order valence-corrected chi connectivity index (χ2v) is 5.06. The first-order valence-electron chi connectivity index (χ1n) is 6.72. The Morgan fingerprint density at radius 2 is 1.76 bits per heavy atom. The Kier molecular flexibility index (Phi) is 4.72. The van der Waals surface area contributed by atoms with Crippen molar-refractivity contribution >= 4 is 11.7 Å². The highest BCUT2D eigenvalue weighted by Crippen LogP contribution is 2.30. The molecule has 1 aliphatic heterocycles. The molecule has 1 heterocycles. The van der Waals surface area contributed by atoms with Gasteiger partial charge in [0.25, 0.3) is 0 Å². The van der Waals surface area contributed by atoms with Crippen LogP contribution < -0.4 is 4.90 Å². The van der Waals surface area contributed by atoms with E-state index in [1.807, 2.05) is 9.80 Å². The molecule has 1 N–H and O–H groups in total. The molecule has 1 saturated heterocycles. The Morgan fingerprint density at radius 3 is 2.33 bits per heavy atom. The first-order valence-corrected chi connectivity index (χ1v) is 6.72. The van der Waals surface area contributed by atoms with Gasteiger partial charge in [0.05, 0.1) is 12.1 Å². The van der Waals surface area contributed by atoms with Crippen molar-refractivity contribution < 1.29 is 23.1 Å². The smallest absolute Gasteiger partial charge is 0.416 e. The fraction of sp³-hybridized carbons (Fsp3) is 0.500. The summed E-state index contributed by atoms with van der Waals surface area (Å²) in [7, 11) is 0. The lowest BCUT2D eigenvalue weighted by atomic mass is 10.2. The first-order chi connectivity index (χ1) is 9.86. The summed E-state index contributed by atoms with van der Waals surface area (Å²) in [6.45, 7) is 2.59. The molecular formula is C14H17F3N2O2. The lowest BCUT2D eigenvalue weighted by molar-refractivity contribution is -0.138. The van der Waals surface area contributed by atoms with Crippen molar-refractivity contribution in [3.05, 3.63) is 29.8 Å². The fourth-order valence-electron chi connectivity index (χ4n) is 2.44. The fourth-order valence-corrected chi connectivity index (χ4v) is 2.44. The van der Waals surface area contributed by atoms with E-state index in [0.29, 0.717) is 26.2 Å². The van der Waals surface area contributed by atoms with Gasteiger partial charge in [-0.05, 0) is 30.7 Å². The molecule has 0 amide bonds. The third kappa shape index (κ3) is 4.35. The number of halogens is 3. The third-order valence-electron chi connectivity index (χ3n) is 3.51. The Morgan fingerprint density at radius 1 is 1.10 bits per heavy atom. The number of carboxylic acid groups (broad SMARTS) is 1. The molecule has 0 aliphatic carbocycles. The monoisotopic (exact) mass is 302 g/mol. The Balaban J connectivity index is 2.00. The van der Waals surface area contributed by atoms with Crippen LogP contribution in [-0.4, -0.2) is 48.7 Å². The minimum Gasteiger partial charge on any atom is -0.480 e. The highest BCUT2D eigenvalue weighted by Gasteiger charge is 2.30. The van der Waals surface area contributed by atoms with Crippen LogP contribution in [0, 0.1) is 0 Å². The Labute approximate surface area is 120 Å². The minimum atomic E-state index is -4.32. The molecule has 7 heteroatoms. The van der Waals surface area contributed by atoms with Gasteiger partial charge in [0, 0.05) is 31.9 Å². The molecule has 116 valence electrons. The van der Waals surface area contributed by atoms with Crippen molar-refractivity contribution in [1.29, 1.82) is 0 Å². The topological polar surface area (TPSA) is 43.8 Å². The van der Waals surface area contributed by atoms with E-state index in [1.165, 1.54) is 12.1 Å². The van der Waals surface area contributed by atoms with E-state index in [2.05, 4.69) is 0 Å². The Bertz CT molecular complexity index is 488. The van der Waals surface area contributed by atoms with Gasteiger partial charge in [0.1, 0.15) is 0 Å². The van der Waals surface area contributed by atoms with Crippen molar-refractivity contribution in [2.24, 2.45) is 0 Å². The van der Waals surface area contributed by atoms with Crippen LogP contribution in [0.1, 0.15) is 12.0 Å². The molecule has 1 aromatic carbocycles. The molecule has 2 rings (SSSR count). The molecule has 4 nitrogen and oxygen atoms in total. The van der Waals surface area contributed by atoms with E-state index in [-0.39, 0.29) is 6.54 Å². The molecule has 1 fully saturated rings. The lowest BCUT2D eigenvalue weighted by Gasteiger charge is -2.23. The molecule has 0 unspecified atom stereocenters. The highest BCUT2D eigenvalue weighted by molar-refractivity contribution is 5.69. The van der Waals surface area contributed by atoms with Crippen LogP contribution in [0.25, 0.3) is 0 Å². The number of benzene rings is 1. The molecule has 0 radical (unpaired) electrons. The molecule has 1 aliphatic rings. The van der Waals surface area contributed by atoms with Gasteiger partial charge in [-0.3, -0.25) is 9.69 Å². The van der Waals surface area contributed by atoms with E-state index in [4.69, 9.17) is 5.11 Å². The van der Waals surface area contributed by atoms with Crippen LogP contribution in [0.3, 0.4) is 0 Å². The normalized spacial score (nSPS) is 17.6. The Hall–Kier alpha value is -1.76. The minimum absolute atomic E-state index is 0.000845. The van der Waals surface area contributed by atoms with Gasteiger partial charge in [-0.25, -0.2) is 0 Å². The number of alkyl halides is 3. The number of carbonyl (C=O) groups is 1. The van der Waals surface area contributed by atoms with E-state index in [0.717, 1.165) is 24.2 Å². The molecule has 0 bridgehead atoms. The SMILES string of the molecule is O=C(O)CN1CCCN(c2ccc(C(F)(F)F)cc2)CC1. The first kappa shape index (κ1) is 15.6. The van der Waals surface area contributed by atoms with Crippen LogP contribution in [-0.2, 0) is 11.0 Å². The van der Waals surface area contributed by atoms with Crippen LogP contribution in [0.5, 0.6) is 0 Å². The van der Waals surface area contributed by atoms with Crippen LogP contribution >= 0.6 is 0 Å². The van der Waals surface area contributed by atoms with E-state index < -0.39 is 17.7 Å². The zero-order valence-corrected chi connectivity index (χ0v) is 11.4. The zero-order chi connectivity index (χ0) is 15.5. The van der Waals surface area contributed by atoms with Crippen molar-refractivity contribution in [2.45, 2.75) is 12.6 Å². The van der Waals surface area contributed by atoms with E-state index in [1.54, 1.807) is 0 Å². The summed E-state index contributed by atoms with van der Waals surface area (Å²) in [5, 5.41) is 8.79. The molecule has 0 aromatic heterocycles. The maximum atomic E-state index is 12.5. The standard InChI is InChI=1S/C14H17F3N2O2/c15-14(16,17)11-2-4-12(5-3-11)19-7-1-6-18(8-9-19)10-13(20)21/h2-5H,1,6-10H2,(H,20,21). The summed E-state index contributed by atoms with van der Waals surface area (Å²) >= 11 is 0. The van der Waals surface area contributed by atoms with Gasteiger partial charge < -0.3 is 10.0 Å². The van der Waals surface area contributed by atoms with Gasteiger partial charge in [0.2, 0.25) is 0 Å². The van der Waals surface area contributed by atoms with Crippen molar-refractivity contribution in [1.82, 2.24) is 4.90 Å². The summed E-state index contributed by atoms with van der Waals surface area (Å²) in [6, 6.07) is 5.09. The van der Waals surface area contributed by atoms with Gasteiger partial charge in [-0.15, -0.1) is 0 Å². The second-order valence-electron chi connectivity index (χ2n) is 5.06. The number of nitrogens with zero attached hydrogens (tertiary/aromatic N) is 2. The predicted octanol–water partition coefficient (Wildman–Crippen LogP) is 2.30. The quantitative estimate of drug-likeness (QED) is 0.930. The van der Waals surface area contributed by atoms with Gasteiger partial charge in [-0.2, -0.15) is 13.2 Å². The number of hydrogen-bond acceptors (Lipinski definition) is 3. The van der Waals surface area contributed by atoms with E-state index in [9.17, 15) is 18.0 Å². The number of rotatable bonds is 3. The highest BCUT2D eigenvalue weighted by atomic mass is 19.4. The summed E-state index contributed by atoms with van der Waals surface area (Å²) in [4.78, 5) is 14.5. The number of anilines is 1. The largest absolute Gasteiger partial charge is 0.480 e. The maximum absolute atomic E-state index is 12.5. The number of hydrogen-bond donors (Lipinski definition) is 1. The van der Waals surface area contributed by atoms with Crippen molar-refractivity contribution in [3.63, 3.8) is 0 Å². The second kappa shape index (κ2) is 6.34. The molecule has 0 saturated carbocycles. The summed E-state index contributed by atoms with van der Waals surface area (Å²) in [5.74, 6) is -0.863. The third-order valence-corrected chi connectivity index (χ3v) is 3.51. The molecule has 1 aromatic rings. The molecule has 0 spiro atoms. The van der Waals surface area contributed by atoms with Gasteiger partial charge >= 0.3 is 12.1 Å². The van der Waals surface area contributed by atoms with Gasteiger partial charge in [0.15, 0.2) is 0 Å². The maximum Gasteiger partial charge on any atom is 0.416 e. The predicted molar refractivity (Wildman–Crippen MR) is 72.3 cm³/mol. The summed E-state index contributed by atoms with van der Waals surface area (Å²) in [5.41, 5.74) is 0.0775. The van der Waals surface area contributed by atoms with Crippen LogP contribution in [0.2, 0.25) is 0 Å². The summed E-state index contributed by atoms with van der Waals surface area (Å²) < 4.78 is 37.6. The molecular weight excluding hydrogens is 285 g/mol. The van der Waals surface area contributed by atoms with Crippen LogP contribution in [0.4, 0.5) is 18.9 Å². The van der Waals surface area contributed by atoms with Gasteiger partial charge in [-0.1, -0.05) is 0 Å². The average molecular weight is 302 g/mol. The summed E-state index contributed by atoms with van der Waals surface area (Å²) in [6.07, 6.45) is -3.54. The van der Waals surface area contributed by atoms with Crippen molar-refractivity contribution in [3.8, 4) is 0 Å². The lowest BCUT2D eigenvalue weighted by Crippen LogP contribution is -2.34.